The van der Waals surface area contributed by atoms with E-state index in [9.17, 15) is 0 Å². The van der Waals surface area contributed by atoms with E-state index in [1.54, 1.807) is 0 Å². The average Bonchev–Trinajstić information content (AvgIpc) is 2.10. The summed E-state index contributed by atoms with van der Waals surface area (Å²) >= 11 is 0. The van der Waals surface area contributed by atoms with Gasteiger partial charge >= 0.3 is 0 Å². The molecule has 0 radical (unpaired) electrons. The molecular formula is C11H23N3O. The molecule has 2 N–H and O–H groups in total. The molecule has 0 aromatic carbocycles. The minimum Gasteiger partial charge on any atom is -0.374 e. The first kappa shape index (κ1) is 12.3. The highest BCUT2D eigenvalue weighted by Gasteiger charge is 2.16. The van der Waals surface area contributed by atoms with Crippen LogP contribution >= 0.6 is 0 Å². The van der Waals surface area contributed by atoms with Crippen LogP contribution in [0.25, 0.3) is 0 Å². The summed E-state index contributed by atoms with van der Waals surface area (Å²) in [7, 11) is 0. The fourth-order valence-corrected chi connectivity index (χ4v) is 1.23. The lowest BCUT2D eigenvalue weighted by Crippen LogP contribution is -2.46. The van der Waals surface area contributed by atoms with Gasteiger partial charge in [0.1, 0.15) is 0 Å². The second-order valence-corrected chi connectivity index (χ2v) is 4.54. The van der Waals surface area contributed by atoms with Crippen molar-refractivity contribution in [1.29, 1.82) is 0 Å². The molecule has 0 bridgehead atoms. The van der Waals surface area contributed by atoms with Crippen LogP contribution in [0.3, 0.4) is 0 Å². The van der Waals surface area contributed by atoms with Crippen LogP contribution in [0.1, 0.15) is 33.6 Å². The number of hydrogen-bond acceptors (Lipinski definition) is 2. The Hall–Kier alpha value is -0.770. The number of likely N-dealkylation sites (tertiary alicyclic amines) is 1. The highest BCUT2D eigenvalue weighted by molar-refractivity contribution is 5.78. The van der Waals surface area contributed by atoms with Crippen LogP contribution in [0.2, 0.25) is 0 Å². The van der Waals surface area contributed by atoms with Gasteiger partial charge in [0.05, 0.1) is 18.8 Å². The molecule has 0 aromatic rings. The van der Waals surface area contributed by atoms with Crippen LogP contribution in [0.15, 0.2) is 4.99 Å². The van der Waals surface area contributed by atoms with E-state index in [-0.39, 0.29) is 5.60 Å². The van der Waals surface area contributed by atoms with Gasteiger partial charge in [-0.15, -0.1) is 0 Å². The van der Waals surface area contributed by atoms with Gasteiger partial charge < -0.3 is 15.4 Å². The summed E-state index contributed by atoms with van der Waals surface area (Å²) in [5, 5.41) is 0. The third kappa shape index (κ3) is 4.08. The van der Waals surface area contributed by atoms with Gasteiger partial charge in [-0.05, 0) is 26.7 Å². The molecule has 4 heteroatoms. The van der Waals surface area contributed by atoms with Crippen molar-refractivity contribution in [1.82, 2.24) is 4.90 Å². The fourth-order valence-electron chi connectivity index (χ4n) is 1.23. The van der Waals surface area contributed by atoms with Gasteiger partial charge in [-0.25, -0.2) is 0 Å². The van der Waals surface area contributed by atoms with Crippen LogP contribution in [-0.2, 0) is 4.74 Å². The molecule has 0 unspecified atom stereocenters. The zero-order valence-corrected chi connectivity index (χ0v) is 10.1. The quantitative estimate of drug-likeness (QED) is 0.424. The summed E-state index contributed by atoms with van der Waals surface area (Å²) in [6.07, 6.45) is 2.24. The highest BCUT2D eigenvalue weighted by Crippen LogP contribution is 2.12. The lowest BCUT2D eigenvalue weighted by Gasteiger charge is -2.31. The molecule has 4 nitrogen and oxygen atoms in total. The predicted molar refractivity (Wildman–Crippen MR) is 63.0 cm³/mol. The summed E-state index contributed by atoms with van der Waals surface area (Å²) in [6, 6.07) is 0. The molecule has 0 saturated carbocycles. The van der Waals surface area contributed by atoms with Crippen LogP contribution in [0, 0.1) is 0 Å². The van der Waals surface area contributed by atoms with Crippen LogP contribution < -0.4 is 5.73 Å². The van der Waals surface area contributed by atoms with Crippen molar-refractivity contribution in [3.8, 4) is 0 Å². The topological polar surface area (TPSA) is 50.9 Å². The Kier molecular flexibility index (Phi) is 4.39. The van der Waals surface area contributed by atoms with Crippen molar-refractivity contribution in [2.75, 3.05) is 26.2 Å². The van der Waals surface area contributed by atoms with E-state index in [1.807, 2.05) is 0 Å². The van der Waals surface area contributed by atoms with E-state index in [2.05, 4.69) is 30.7 Å². The Morgan fingerprint density at radius 2 is 2.13 bits per heavy atom. The summed E-state index contributed by atoms with van der Waals surface area (Å²) in [5.41, 5.74) is 5.74. The molecular weight excluding hydrogens is 190 g/mol. The predicted octanol–water partition coefficient (Wildman–Crippen LogP) is 1.21. The van der Waals surface area contributed by atoms with Crippen molar-refractivity contribution in [3.05, 3.63) is 0 Å². The minimum atomic E-state index is -0.0406. The summed E-state index contributed by atoms with van der Waals surface area (Å²) < 4.78 is 5.68. The first-order valence-corrected chi connectivity index (χ1v) is 5.74. The molecule has 1 saturated heterocycles. The number of guanidine groups is 1. The monoisotopic (exact) mass is 213 g/mol. The van der Waals surface area contributed by atoms with E-state index in [1.165, 1.54) is 6.42 Å². The first-order valence-electron chi connectivity index (χ1n) is 5.74. The van der Waals surface area contributed by atoms with Crippen LogP contribution in [0.5, 0.6) is 0 Å². The highest BCUT2D eigenvalue weighted by atomic mass is 16.5. The number of rotatable bonds is 5. The molecule has 1 rings (SSSR count). The molecule has 15 heavy (non-hydrogen) atoms. The SMILES string of the molecule is CCC(C)(C)OCCN=C(N)N1CCC1. The number of ether oxygens (including phenoxy) is 1. The van der Waals surface area contributed by atoms with Crippen molar-refractivity contribution in [2.24, 2.45) is 10.7 Å². The van der Waals surface area contributed by atoms with Crippen LogP contribution in [-0.4, -0.2) is 42.7 Å². The van der Waals surface area contributed by atoms with E-state index in [0.717, 1.165) is 19.5 Å². The normalized spacial score (nSPS) is 17.8. The lowest BCUT2D eigenvalue weighted by atomic mass is 10.1. The minimum absolute atomic E-state index is 0.0406. The van der Waals surface area contributed by atoms with Gasteiger partial charge in [0.2, 0.25) is 0 Å². The van der Waals surface area contributed by atoms with Crippen molar-refractivity contribution in [3.63, 3.8) is 0 Å². The second kappa shape index (κ2) is 5.35. The molecule has 0 aliphatic carbocycles. The summed E-state index contributed by atoms with van der Waals surface area (Å²) in [4.78, 5) is 6.37. The molecule has 0 spiro atoms. The molecule has 0 amide bonds. The lowest BCUT2D eigenvalue weighted by molar-refractivity contribution is -0.0154. The van der Waals surface area contributed by atoms with Crippen molar-refractivity contribution in [2.45, 2.75) is 39.2 Å². The maximum absolute atomic E-state index is 5.78. The molecule has 1 aliphatic heterocycles. The third-order valence-corrected chi connectivity index (χ3v) is 2.89. The molecule has 1 heterocycles. The van der Waals surface area contributed by atoms with Gasteiger partial charge in [0.25, 0.3) is 0 Å². The number of nitrogens with two attached hydrogens (primary N) is 1. The second-order valence-electron chi connectivity index (χ2n) is 4.54. The van der Waals surface area contributed by atoms with Gasteiger partial charge in [-0.3, -0.25) is 4.99 Å². The average molecular weight is 213 g/mol. The molecule has 88 valence electrons. The Morgan fingerprint density at radius 1 is 1.47 bits per heavy atom. The first-order chi connectivity index (χ1) is 7.05. The summed E-state index contributed by atoms with van der Waals surface area (Å²) in [5.74, 6) is 0.666. The standard InChI is InChI=1S/C11H23N3O/c1-4-11(2,3)15-9-6-13-10(12)14-7-5-8-14/h4-9H2,1-3H3,(H2,12,13). The Labute approximate surface area is 92.5 Å². The van der Waals surface area contributed by atoms with Gasteiger partial charge in [-0.1, -0.05) is 6.92 Å². The van der Waals surface area contributed by atoms with Gasteiger partial charge in [0, 0.05) is 13.1 Å². The fraction of sp³-hybridized carbons (Fsp3) is 0.909. The van der Waals surface area contributed by atoms with Crippen LogP contribution in [0.4, 0.5) is 0 Å². The number of hydrogen-bond donors (Lipinski definition) is 1. The number of nitrogens with zero attached hydrogens (tertiary/aromatic N) is 2. The largest absolute Gasteiger partial charge is 0.374 e. The van der Waals surface area contributed by atoms with E-state index in [0.29, 0.717) is 19.1 Å². The zero-order chi connectivity index (χ0) is 11.3. The molecule has 1 aliphatic rings. The maximum Gasteiger partial charge on any atom is 0.191 e. The van der Waals surface area contributed by atoms with E-state index >= 15 is 0 Å². The maximum atomic E-state index is 5.78. The molecule has 0 atom stereocenters. The molecule has 0 aromatic heterocycles. The zero-order valence-electron chi connectivity index (χ0n) is 10.1. The summed E-state index contributed by atoms with van der Waals surface area (Å²) in [6.45, 7) is 9.72. The molecule has 1 fully saturated rings. The van der Waals surface area contributed by atoms with Crippen molar-refractivity contribution < 1.29 is 4.74 Å². The van der Waals surface area contributed by atoms with Gasteiger partial charge in [-0.2, -0.15) is 0 Å². The van der Waals surface area contributed by atoms with Gasteiger partial charge in [0.15, 0.2) is 5.96 Å². The van der Waals surface area contributed by atoms with Crippen molar-refractivity contribution >= 4 is 5.96 Å². The Bertz CT molecular complexity index is 222. The smallest absolute Gasteiger partial charge is 0.191 e. The third-order valence-electron chi connectivity index (χ3n) is 2.89. The Balaban J connectivity index is 2.14. The Morgan fingerprint density at radius 3 is 2.60 bits per heavy atom. The van der Waals surface area contributed by atoms with E-state index < -0.39 is 0 Å². The number of aliphatic imine (C=N–C) groups is 1. The van der Waals surface area contributed by atoms with E-state index in [4.69, 9.17) is 10.5 Å².